The average Bonchev–Trinajstić information content (AvgIpc) is 3.42. The van der Waals surface area contributed by atoms with Gasteiger partial charge in [0.05, 0.1) is 30.6 Å². The van der Waals surface area contributed by atoms with Crippen LogP contribution in [-0.2, 0) is 17.7 Å². The molecule has 0 spiro atoms. The quantitative estimate of drug-likeness (QED) is 0.216. The van der Waals surface area contributed by atoms with Gasteiger partial charge in [-0.2, -0.15) is 5.10 Å². The van der Waals surface area contributed by atoms with Crippen molar-refractivity contribution in [3.8, 4) is 0 Å². The highest BCUT2D eigenvalue weighted by Gasteiger charge is 2.18. The van der Waals surface area contributed by atoms with Gasteiger partial charge in [-0.15, -0.1) is 11.3 Å². The number of hydrogen-bond acceptors (Lipinski definition) is 5. The van der Waals surface area contributed by atoms with E-state index in [1.54, 1.807) is 17.8 Å². The van der Waals surface area contributed by atoms with E-state index < -0.39 is 0 Å². The van der Waals surface area contributed by atoms with Crippen molar-refractivity contribution < 1.29 is 9.53 Å². The normalized spacial score (nSPS) is 10.6. The number of carbonyl (C=O) groups is 1. The largest absolute Gasteiger partial charge is 0.462 e. The van der Waals surface area contributed by atoms with Crippen molar-refractivity contribution in [1.29, 1.82) is 0 Å². The van der Waals surface area contributed by atoms with E-state index in [1.807, 2.05) is 54.7 Å². The number of benzene rings is 2. The Kier molecular flexibility index (Phi) is 7.95. The number of ether oxygens (including phenoxy) is 1. The molecule has 0 saturated carbocycles. The third kappa shape index (κ3) is 6.44. The number of hydrogen-bond donors (Lipinski definition) is 2. The van der Waals surface area contributed by atoms with Gasteiger partial charge in [0.2, 0.25) is 0 Å². The molecule has 2 aromatic carbocycles. The predicted octanol–water partition coefficient (Wildman–Crippen LogP) is 6.22. The Bertz CT molecular complexity index is 1270. The maximum Gasteiger partial charge on any atom is 0.341 e. The van der Waals surface area contributed by atoms with Crippen LogP contribution >= 0.6 is 35.2 Å². The Morgan fingerprint density at radius 3 is 2.62 bits per heavy atom. The number of nitrogens with one attached hydrogen (secondary N) is 2. The van der Waals surface area contributed by atoms with Gasteiger partial charge in [-0.1, -0.05) is 54.1 Å². The summed E-state index contributed by atoms with van der Waals surface area (Å²) in [5.74, 6) is -0.376. The summed E-state index contributed by atoms with van der Waals surface area (Å²) in [6.07, 6.45) is 4.28. The Hall–Kier alpha value is -3.20. The second-order valence-corrected chi connectivity index (χ2v) is 9.45. The Labute approximate surface area is 212 Å². The van der Waals surface area contributed by atoms with Gasteiger partial charge < -0.3 is 15.4 Å². The Morgan fingerprint density at radius 2 is 1.88 bits per heavy atom. The highest BCUT2D eigenvalue weighted by atomic mass is 35.5. The van der Waals surface area contributed by atoms with Gasteiger partial charge in [-0.25, -0.2) is 4.79 Å². The lowest BCUT2D eigenvalue weighted by molar-refractivity contribution is 0.0528. The van der Waals surface area contributed by atoms with Gasteiger partial charge >= 0.3 is 5.97 Å². The van der Waals surface area contributed by atoms with Crippen LogP contribution in [0.4, 0.5) is 10.7 Å². The summed E-state index contributed by atoms with van der Waals surface area (Å²) < 4.78 is 7.05. The summed E-state index contributed by atoms with van der Waals surface area (Å²) >= 11 is 12.9. The van der Waals surface area contributed by atoms with E-state index in [-0.39, 0.29) is 5.97 Å². The van der Waals surface area contributed by atoms with Crippen molar-refractivity contribution in [3.63, 3.8) is 0 Å². The number of carbonyl (C=O) groups excluding carboxylic acids is 1. The standard InChI is InChI=1S/C25H23ClN4O2S2/c1-2-32-24(31)22-13-21(12-17-6-4-3-5-7-17)34-23(22)29-25(33)28-20-14-27-30(16-20)15-18-8-10-19(26)11-9-18/h3-11,13-14,16H,2,12,15H2,1H3,(H2,28,29,33). The van der Waals surface area contributed by atoms with E-state index in [9.17, 15) is 4.79 Å². The maximum atomic E-state index is 12.5. The monoisotopic (exact) mass is 510 g/mol. The summed E-state index contributed by atoms with van der Waals surface area (Å²) in [6, 6.07) is 19.6. The van der Waals surface area contributed by atoms with Gasteiger partial charge in [0.15, 0.2) is 5.11 Å². The number of thiophene rings is 1. The molecule has 0 aliphatic rings. The smallest absolute Gasteiger partial charge is 0.341 e. The molecule has 6 nitrogen and oxygen atoms in total. The molecule has 0 radical (unpaired) electrons. The molecule has 174 valence electrons. The lowest BCUT2D eigenvalue weighted by Gasteiger charge is -2.09. The fourth-order valence-corrected chi connectivity index (χ4v) is 4.83. The highest BCUT2D eigenvalue weighted by Crippen LogP contribution is 2.31. The minimum atomic E-state index is -0.376. The van der Waals surface area contributed by atoms with Gasteiger partial charge in [-0.3, -0.25) is 4.68 Å². The van der Waals surface area contributed by atoms with Crippen LogP contribution in [0.2, 0.25) is 5.02 Å². The van der Waals surface area contributed by atoms with Crippen molar-refractivity contribution in [1.82, 2.24) is 9.78 Å². The molecular weight excluding hydrogens is 488 g/mol. The van der Waals surface area contributed by atoms with Crippen LogP contribution in [0.3, 0.4) is 0 Å². The molecule has 2 heterocycles. The van der Waals surface area contributed by atoms with Crippen LogP contribution in [0.25, 0.3) is 0 Å². The first-order chi connectivity index (χ1) is 16.5. The summed E-state index contributed by atoms with van der Waals surface area (Å²) in [6.45, 7) is 2.70. The third-order valence-electron chi connectivity index (χ3n) is 4.88. The van der Waals surface area contributed by atoms with Crippen molar-refractivity contribution in [2.24, 2.45) is 0 Å². The number of esters is 1. The molecule has 2 N–H and O–H groups in total. The van der Waals surface area contributed by atoms with E-state index in [2.05, 4.69) is 27.9 Å². The molecule has 0 bridgehead atoms. The Morgan fingerprint density at radius 1 is 1.12 bits per heavy atom. The minimum absolute atomic E-state index is 0.303. The molecule has 0 atom stereocenters. The zero-order valence-corrected chi connectivity index (χ0v) is 20.8. The van der Waals surface area contributed by atoms with Crippen LogP contribution in [0.1, 0.15) is 33.3 Å². The lowest BCUT2D eigenvalue weighted by atomic mass is 10.1. The zero-order valence-electron chi connectivity index (χ0n) is 18.5. The second-order valence-electron chi connectivity index (χ2n) is 7.47. The zero-order chi connectivity index (χ0) is 23.9. The summed E-state index contributed by atoms with van der Waals surface area (Å²) in [5, 5.41) is 12.4. The fraction of sp³-hybridized carbons (Fsp3) is 0.160. The van der Waals surface area contributed by atoms with E-state index in [0.717, 1.165) is 22.5 Å². The molecule has 0 fully saturated rings. The number of rotatable bonds is 8. The van der Waals surface area contributed by atoms with Crippen LogP contribution in [0.15, 0.2) is 73.1 Å². The first-order valence-corrected chi connectivity index (χ1v) is 12.3. The minimum Gasteiger partial charge on any atom is -0.462 e. The number of thiocarbonyl (C=S) groups is 1. The highest BCUT2D eigenvalue weighted by molar-refractivity contribution is 7.80. The maximum absolute atomic E-state index is 12.5. The molecule has 0 saturated heterocycles. The molecule has 0 amide bonds. The number of aromatic nitrogens is 2. The number of halogens is 1. The van der Waals surface area contributed by atoms with Crippen LogP contribution in [0, 0.1) is 0 Å². The molecule has 34 heavy (non-hydrogen) atoms. The van der Waals surface area contributed by atoms with E-state index in [4.69, 9.17) is 28.6 Å². The summed E-state index contributed by atoms with van der Waals surface area (Å²) in [5.41, 5.74) is 3.47. The molecule has 9 heteroatoms. The molecule has 0 aliphatic carbocycles. The SMILES string of the molecule is CCOC(=O)c1cc(Cc2ccccc2)sc1NC(=S)Nc1cnn(Cc2ccc(Cl)cc2)c1. The average molecular weight is 511 g/mol. The molecular formula is C25H23ClN4O2S2. The third-order valence-corrected chi connectivity index (χ3v) is 6.38. The van der Waals surface area contributed by atoms with Crippen LogP contribution in [0.5, 0.6) is 0 Å². The van der Waals surface area contributed by atoms with Crippen molar-refractivity contribution in [3.05, 3.63) is 99.6 Å². The van der Waals surface area contributed by atoms with Crippen molar-refractivity contribution in [2.75, 3.05) is 17.2 Å². The van der Waals surface area contributed by atoms with E-state index in [1.165, 1.54) is 16.9 Å². The number of anilines is 2. The molecule has 2 aromatic heterocycles. The van der Waals surface area contributed by atoms with Gasteiger partial charge in [0.1, 0.15) is 5.00 Å². The van der Waals surface area contributed by atoms with Gasteiger partial charge in [0, 0.05) is 22.5 Å². The first-order valence-electron chi connectivity index (χ1n) is 10.7. The summed E-state index contributed by atoms with van der Waals surface area (Å²) in [4.78, 5) is 13.6. The van der Waals surface area contributed by atoms with Crippen molar-refractivity contribution >= 4 is 56.9 Å². The topological polar surface area (TPSA) is 68.2 Å². The molecule has 4 rings (SSSR count). The van der Waals surface area contributed by atoms with Gasteiger partial charge in [-0.05, 0) is 48.5 Å². The van der Waals surface area contributed by atoms with Gasteiger partial charge in [0.25, 0.3) is 0 Å². The summed E-state index contributed by atoms with van der Waals surface area (Å²) in [7, 11) is 0. The first kappa shape index (κ1) is 23.9. The lowest BCUT2D eigenvalue weighted by Crippen LogP contribution is -2.19. The molecule has 4 aromatic rings. The second kappa shape index (κ2) is 11.3. The van der Waals surface area contributed by atoms with Crippen LogP contribution in [-0.4, -0.2) is 27.5 Å². The van der Waals surface area contributed by atoms with E-state index in [0.29, 0.717) is 33.9 Å². The van der Waals surface area contributed by atoms with Crippen LogP contribution < -0.4 is 10.6 Å². The van der Waals surface area contributed by atoms with Crippen molar-refractivity contribution in [2.45, 2.75) is 19.9 Å². The number of nitrogens with zero attached hydrogens (tertiary/aromatic N) is 2. The van der Waals surface area contributed by atoms with E-state index >= 15 is 0 Å². The Balaban J connectivity index is 1.43. The fourth-order valence-electron chi connectivity index (χ4n) is 3.34. The predicted molar refractivity (Wildman–Crippen MR) is 142 cm³/mol. The molecule has 0 unspecified atom stereocenters. The molecule has 0 aliphatic heterocycles.